The molecular weight excluding hydrogens is 206 g/mol. The minimum Gasteiger partial charge on any atom is -0.316 e. The van der Waals surface area contributed by atoms with Crippen LogP contribution in [0.2, 0.25) is 0 Å². The topological polar surface area (TPSA) is 48.7 Å². The maximum atomic E-state index is 8.70. The van der Waals surface area contributed by atoms with Gasteiger partial charge in [-0.25, -0.2) is 4.98 Å². The van der Waals surface area contributed by atoms with Gasteiger partial charge in [0.15, 0.2) is 0 Å². The zero-order valence-electron chi connectivity index (χ0n) is 8.44. The highest BCUT2D eigenvalue weighted by Crippen LogP contribution is 2.17. The third-order valence-corrected chi connectivity index (χ3v) is 3.67. The van der Waals surface area contributed by atoms with Crippen molar-refractivity contribution >= 4 is 11.8 Å². The number of thioether (sulfide) groups is 1. The Labute approximate surface area is 93.9 Å². The molecule has 1 aromatic heterocycles. The van der Waals surface area contributed by atoms with Gasteiger partial charge in [0.2, 0.25) is 0 Å². The van der Waals surface area contributed by atoms with Crippen LogP contribution in [0.25, 0.3) is 0 Å². The first kappa shape index (κ1) is 10.5. The largest absolute Gasteiger partial charge is 0.316 e. The van der Waals surface area contributed by atoms with E-state index in [4.69, 9.17) is 5.26 Å². The van der Waals surface area contributed by atoms with Gasteiger partial charge in [-0.05, 0) is 42.5 Å². The van der Waals surface area contributed by atoms with E-state index in [0.717, 1.165) is 24.8 Å². The van der Waals surface area contributed by atoms with Crippen molar-refractivity contribution in [2.24, 2.45) is 5.92 Å². The SMILES string of the molecule is N#Cc1cc(CSCC2CNC2)ccn1. The van der Waals surface area contributed by atoms with Crippen LogP contribution in [0, 0.1) is 17.2 Å². The Kier molecular flexibility index (Phi) is 3.59. The summed E-state index contributed by atoms with van der Waals surface area (Å²) in [6.45, 7) is 2.32. The monoisotopic (exact) mass is 219 g/mol. The van der Waals surface area contributed by atoms with E-state index in [0.29, 0.717) is 5.69 Å². The van der Waals surface area contributed by atoms with Crippen molar-refractivity contribution in [2.75, 3.05) is 18.8 Å². The molecule has 2 rings (SSSR count). The van der Waals surface area contributed by atoms with Crippen molar-refractivity contribution in [2.45, 2.75) is 5.75 Å². The van der Waals surface area contributed by atoms with Gasteiger partial charge in [-0.15, -0.1) is 0 Å². The molecule has 78 valence electrons. The van der Waals surface area contributed by atoms with E-state index in [9.17, 15) is 0 Å². The van der Waals surface area contributed by atoms with E-state index >= 15 is 0 Å². The second-order valence-corrected chi connectivity index (χ2v) is 4.73. The number of nitrogens with one attached hydrogen (secondary N) is 1. The fourth-order valence-corrected chi connectivity index (χ4v) is 2.54. The van der Waals surface area contributed by atoms with Crippen LogP contribution in [0.5, 0.6) is 0 Å². The summed E-state index contributed by atoms with van der Waals surface area (Å²) in [6.07, 6.45) is 1.71. The predicted octanol–water partition coefficient (Wildman–Crippen LogP) is 1.41. The van der Waals surface area contributed by atoms with Gasteiger partial charge in [-0.2, -0.15) is 17.0 Å². The molecule has 0 aliphatic carbocycles. The number of hydrogen-bond acceptors (Lipinski definition) is 4. The normalized spacial score (nSPS) is 15.7. The lowest BCUT2D eigenvalue weighted by atomic mass is 10.1. The van der Waals surface area contributed by atoms with Crippen LogP contribution in [0.3, 0.4) is 0 Å². The predicted molar refractivity (Wildman–Crippen MR) is 61.5 cm³/mol. The van der Waals surface area contributed by atoms with Crippen LogP contribution in [-0.4, -0.2) is 23.8 Å². The highest BCUT2D eigenvalue weighted by molar-refractivity contribution is 7.98. The molecule has 4 heteroatoms. The van der Waals surface area contributed by atoms with Crippen LogP contribution in [0.1, 0.15) is 11.3 Å². The highest BCUT2D eigenvalue weighted by atomic mass is 32.2. The van der Waals surface area contributed by atoms with Crippen molar-refractivity contribution < 1.29 is 0 Å². The summed E-state index contributed by atoms with van der Waals surface area (Å²) in [4.78, 5) is 3.95. The zero-order chi connectivity index (χ0) is 10.5. The molecule has 0 atom stereocenters. The zero-order valence-corrected chi connectivity index (χ0v) is 9.26. The number of pyridine rings is 1. The standard InChI is InChI=1S/C11H13N3S/c12-4-11-3-9(1-2-14-11)7-15-8-10-5-13-6-10/h1-3,10,13H,5-8H2. The summed E-state index contributed by atoms with van der Waals surface area (Å²) < 4.78 is 0. The lowest BCUT2D eigenvalue weighted by molar-refractivity contribution is 0.385. The summed E-state index contributed by atoms with van der Waals surface area (Å²) >= 11 is 1.93. The molecule has 1 aliphatic rings. The molecule has 0 bridgehead atoms. The molecule has 15 heavy (non-hydrogen) atoms. The van der Waals surface area contributed by atoms with Crippen LogP contribution < -0.4 is 5.32 Å². The molecule has 1 aromatic rings. The minimum absolute atomic E-state index is 0.512. The maximum Gasteiger partial charge on any atom is 0.140 e. The van der Waals surface area contributed by atoms with E-state index < -0.39 is 0 Å². The minimum atomic E-state index is 0.512. The Morgan fingerprint density at radius 3 is 3.13 bits per heavy atom. The molecule has 0 aromatic carbocycles. The second kappa shape index (κ2) is 5.15. The third kappa shape index (κ3) is 2.95. The summed E-state index contributed by atoms with van der Waals surface area (Å²) in [6, 6.07) is 5.90. The van der Waals surface area contributed by atoms with Gasteiger partial charge in [0, 0.05) is 11.9 Å². The van der Waals surface area contributed by atoms with Gasteiger partial charge in [0.25, 0.3) is 0 Å². The number of aromatic nitrogens is 1. The van der Waals surface area contributed by atoms with Crippen molar-refractivity contribution in [1.29, 1.82) is 5.26 Å². The Morgan fingerprint density at radius 1 is 1.60 bits per heavy atom. The van der Waals surface area contributed by atoms with Crippen molar-refractivity contribution in [3.05, 3.63) is 29.6 Å². The van der Waals surface area contributed by atoms with Crippen molar-refractivity contribution in [1.82, 2.24) is 10.3 Å². The van der Waals surface area contributed by atoms with Gasteiger partial charge in [-0.1, -0.05) is 0 Å². The van der Waals surface area contributed by atoms with E-state index in [1.165, 1.54) is 11.3 Å². The van der Waals surface area contributed by atoms with Gasteiger partial charge < -0.3 is 5.32 Å². The maximum absolute atomic E-state index is 8.70. The molecule has 0 saturated carbocycles. The Morgan fingerprint density at radius 2 is 2.47 bits per heavy atom. The van der Waals surface area contributed by atoms with Crippen LogP contribution >= 0.6 is 11.8 Å². The van der Waals surface area contributed by atoms with Crippen molar-refractivity contribution in [3.63, 3.8) is 0 Å². The van der Waals surface area contributed by atoms with Crippen LogP contribution in [0.15, 0.2) is 18.3 Å². The van der Waals surface area contributed by atoms with Gasteiger partial charge >= 0.3 is 0 Å². The number of nitrogens with zero attached hydrogens (tertiary/aromatic N) is 2. The van der Waals surface area contributed by atoms with Crippen molar-refractivity contribution in [3.8, 4) is 6.07 Å². The summed E-state index contributed by atoms with van der Waals surface area (Å²) in [7, 11) is 0. The third-order valence-electron chi connectivity index (χ3n) is 2.43. The first-order valence-electron chi connectivity index (χ1n) is 5.02. The molecule has 0 amide bonds. The lowest BCUT2D eigenvalue weighted by Gasteiger charge is -2.26. The van der Waals surface area contributed by atoms with E-state index in [2.05, 4.69) is 16.4 Å². The summed E-state index contributed by atoms with van der Waals surface area (Å²) in [5.41, 5.74) is 1.71. The Bertz CT molecular complexity index is 368. The Balaban J connectivity index is 1.79. The lowest BCUT2D eigenvalue weighted by Crippen LogP contribution is -2.43. The number of rotatable bonds is 4. The van der Waals surface area contributed by atoms with E-state index in [1.807, 2.05) is 23.9 Å². The van der Waals surface area contributed by atoms with Gasteiger partial charge in [0.1, 0.15) is 11.8 Å². The molecule has 1 saturated heterocycles. The summed E-state index contributed by atoms with van der Waals surface area (Å²) in [5.74, 6) is 3.03. The first-order valence-corrected chi connectivity index (χ1v) is 6.17. The Hall–Kier alpha value is -1.05. The van der Waals surface area contributed by atoms with Crippen LogP contribution in [-0.2, 0) is 5.75 Å². The molecule has 1 N–H and O–H groups in total. The second-order valence-electron chi connectivity index (χ2n) is 3.70. The van der Waals surface area contributed by atoms with Gasteiger partial charge in [0.05, 0.1) is 0 Å². The molecule has 0 spiro atoms. The molecule has 1 aliphatic heterocycles. The smallest absolute Gasteiger partial charge is 0.140 e. The first-order chi connectivity index (χ1) is 7.38. The molecule has 0 unspecified atom stereocenters. The molecule has 1 fully saturated rings. The van der Waals surface area contributed by atoms with E-state index in [-0.39, 0.29) is 0 Å². The molecule has 0 radical (unpaired) electrons. The average Bonchev–Trinajstić information content (AvgIpc) is 2.22. The fourth-order valence-electron chi connectivity index (χ4n) is 1.43. The number of hydrogen-bond donors (Lipinski definition) is 1. The van der Waals surface area contributed by atoms with Gasteiger partial charge in [-0.3, -0.25) is 0 Å². The molecule has 2 heterocycles. The molecule has 3 nitrogen and oxygen atoms in total. The summed E-state index contributed by atoms with van der Waals surface area (Å²) in [5, 5.41) is 12.0. The average molecular weight is 219 g/mol. The quantitative estimate of drug-likeness (QED) is 0.831. The molecular formula is C11H13N3S. The highest BCUT2D eigenvalue weighted by Gasteiger charge is 2.15. The van der Waals surface area contributed by atoms with Crippen LogP contribution in [0.4, 0.5) is 0 Å². The van der Waals surface area contributed by atoms with E-state index in [1.54, 1.807) is 6.20 Å². The fraction of sp³-hybridized carbons (Fsp3) is 0.455. The number of nitriles is 1.